The lowest BCUT2D eigenvalue weighted by atomic mass is 10.3. The predicted octanol–water partition coefficient (Wildman–Crippen LogP) is 0.841. The van der Waals surface area contributed by atoms with Crippen LogP contribution in [0.3, 0.4) is 0 Å². The SMILES string of the molecule is C=CCN(CC)C(C)CN. The highest BCUT2D eigenvalue weighted by Crippen LogP contribution is 1.95. The molecule has 1 unspecified atom stereocenters. The molecule has 0 radical (unpaired) electrons. The summed E-state index contributed by atoms with van der Waals surface area (Å²) < 4.78 is 0. The van der Waals surface area contributed by atoms with Gasteiger partial charge in [-0.15, -0.1) is 6.58 Å². The first kappa shape index (κ1) is 9.66. The second kappa shape index (κ2) is 5.45. The summed E-state index contributed by atoms with van der Waals surface area (Å²) in [6, 6.07) is 0.475. The van der Waals surface area contributed by atoms with Crippen molar-refractivity contribution in [3.8, 4) is 0 Å². The monoisotopic (exact) mass is 142 g/mol. The van der Waals surface area contributed by atoms with E-state index in [9.17, 15) is 0 Å². The fourth-order valence-electron chi connectivity index (χ4n) is 0.936. The summed E-state index contributed by atoms with van der Waals surface area (Å²) in [6.07, 6.45) is 1.91. The molecule has 0 aliphatic rings. The third kappa shape index (κ3) is 2.99. The Bertz CT molecular complexity index is 91.3. The molecule has 1 atom stereocenters. The number of likely N-dealkylation sites (N-methyl/N-ethyl adjacent to an activating group) is 1. The Balaban J connectivity index is 3.67. The van der Waals surface area contributed by atoms with Crippen LogP contribution in [0.4, 0.5) is 0 Å². The van der Waals surface area contributed by atoms with E-state index in [2.05, 4.69) is 25.3 Å². The zero-order valence-electron chi connectivity index (χ0n) is 7.01. The van der Waals surface area contributed by atoms with Crippen LogP contribution < -0.4 is 5.73 Å². The maximum atomic E-state index is 5.50. The Morgan fingerprint density at radius 1 is 1.70 bits per heavy atom. The first-order chi connectivity index (χ1) is 4.76. The zero-order chi connectivity index (χ0) is 7.98. The molecular weight excluding hydrogens is 124 g/mol. The van der Waals surface area contributed by atoms with Crippen molar-refractivity contribution in [2.75, 3.05) is 19.6 Å². The molecule has 0 aliphatic carbocycles. The predicted molar refractivity (Wildman–Crippen MR) is 46.0 cm³/mol. The third-order valence-corrected chi connectivity index (χ3v) is 1.73. The highest BCUT2D eigenvalue weighted by molar-refractivity contribution is 4.76. The molecule has 2 heteroatoms. The van der Waals surface area contributed by atoms with Crippen LogP contribution in [0.25, 0.3) is 0 Å². The van der Waals surface area contributed by atoms with Gasteiger partial charge in [0.15, 0.2) is 0 Å². The molecule has 2 nitrogen and oxygen atoms in total. The van der Waals surface area contributed by atoms with Gasteiger partial charge in [0.2, 0.25) is 0 Å². The zero-order valence-corrected chi connectivity index (χ0v) is 7.01. The topological polar surface area (TPSA) is 29.3 Å². The summed E-state index contributed by atoms with van der Waals surface area (Å²) in [6.45, 7) is 10.7. The molecule has 0 aromatic carbocycles. The van der Waals surface area contributed by atoms with Gasteiger partial charge in [-0.1, -0.05) is 13.0 Å². The molecule has 0 saturated heterocycles. The Kier molecular flexibility index (Phi) is 5.26. The van der Waals surface area contributed by atoms with Gasteiger partial charge in [-0.3, -0.25) is 4.90 Å². The van der Waals surface area contributed by atoms with Gasteiger partial charge in [0.25, 0.3) is 0 Å². The van der Waals surface area contributed by atoms with Crippen LogP contribution in [0.15, 0.2) is 12.7 Å². The van der Waals surface area contributed by atoms with Crippen LogP contribution in [0, 0.1) is 0 Å². The number of hydrogen-bond donors (Lipinski definition) is 1. The summed E-state index contributed by atoms with van der Waals surface area (Å²) in [5, 5.41) is 0. The normalized spacial score (nSPS) is 13.6. The number of rotatable bonds is 5. The summed E-state index contributed by atoms with van der Waals surface area (Å²) in [5.74, 6) is 0. The summed E-state index contributed by atoms with van der Waals surface area (Å²) >= 11 is 0. The van der Waals surface area contributed by atoms with Crippen molar-refractivity contribution in [2.24, 2.45) is 5.73 Å². The van der Waals surface area contributed by atoms with E-state index >= 15 is 0 Å². The van der Waals surface area contributed by atoms with Crippen LogP contribution in [-0.2, 0) is 0 Å². The van der Waals surface area contributed by atoms with Gasteiger partial charge in [-0.2, -0.15) is 0 Å². The largest absolute Gasteiger partial charge is 0.329 e. The molecule has 2 N–H and O–H groups in total. The van der Waals surface area contributed by atoms with Crippen LogP contribution in [0.2, 0.25) is 0 Å². The van der Waals surface area contributed by atoms with Crippen molar-refractivity contribution >= 4 is 0 Å². The fourth-order valence-corrected chi connectivity index (χ4v) is 0.936. The van der Waals surface area contributed by atoms with Gasteiger partial charge >= 0.3 is 0 Å². The molecule has 0 spiro atoms. The molecule has 0 amide bonds. The number of nitrogens with two attached hydrogens (primary N) is 1. The van der Waals surface area contributed by atoms with E-state index in [0.29, 0.717) is 6.04 Å². The van der Waals surface area contributed by atoms with E-state index in [1.165, 1.54) is 0 Å². The van der Waals surface area contributed by atoms with Crippen LogP contribution >= 0.6 is 0 Å². The number of nitrogens with zero attached hydrogens (tertiary/aromatic N) is 1. The van der Waals surface area contributed by atoms with Crippen molar-refractivity contribution in [3.05, 3.63) is 12.7 Å². The maximum absolute atomic E-state index is 5.50. The Morgan fingerprint density at radius 3 is 2.60 bits per heavy atom. The van der Waals surface area contributed by atoms with Crippen molar-refractivity contribution in [3.63, 3.8) is 0 Å². The average Bonchev–Trinajstić information content (AvgIpc) is 1.99. The molecule has 60 valence electrons. The van der Waals surface area contributed by atoms with Gasteiger partial charge in [-0.05, 0) is 13.5 Å². The smallest absolute Gasteiger partial charge is 0.0193 e. The van der Waals surface area contributed by atoms with E-state index in [4.69, 9.17) is 5.73 Å². The van der Waals surface area contributed by atoms with Gasteiger partial charge in [-0.25, -0.2) is 0 Å². The molecule has 0 saturated carbocycles. The lowest BCUT2D eigenvalue weighted by Gasteiger charge is -2.24. The van der Waals surface area contributed by atoms with E-state index in [-0.39, 0.29) is 0 Å². The second-order valence-corrected chi connectivity index (χ2v) is 2.46. The summed E-state index contributed by atoms with van der Waals surface area (Å²) in [4.78, 5) is 2.28. The van der Waals surface area contributed by atoms with E-state index in [1.54, 1.807) is 0 Å². The molecule has 0 bridgehead atoms. The highest BCUT2D eigenvalue weighted by Gasteiger charge is 2.06. The highest BCUT2D eigenvalue weighted by atomic mass is 15.1. The van der Waals surface area contributed by atoms with Crippen LogP contribution in [0.1, 0.15) is 13.8 Å². The quantitative estimate of drug-likeness (QED) is 0.576. The summed E-state index contributed by atoms with van der Waals surface area (Å²) in [5.41, 5.74) is 5.50. The van der Waals surface area contributed by atoms with Gasteiger partial charge in [0, 0.05) is 19.1 Å². The lowest BCUT2D eigenvalue weighted by molar-refractivity contribution is 0.249. The first-order valence-electron chi connectivity index (χ1n) is 3.81. The molecule has 0 rings (SSSR count). The summed E-state index contributed by atoms with van der Waals surface area (Å²) in [7, 11) is 0. The average molecular weight is 142 g/mol. The van der Waals surface area contributed by atoms with Crippen molar-refractivity contribution in [1.29, 1.82) is 0 Å². The Morgan fingerprint density at radius 2 is 2.30 bits per heavy atom. The van der Waals surface area contributed by atoms with Crippen molar-refractivity contribution in [1.82, 2.24) is 4.90 Å². The minimum Gasteiger partial charge on any atom is -0.329 e. The molecule has 0 heterocycles. The van der Waals surface area contributed by atoms with Gasteiger partial charge in [0.05, 0.1) is 0 Å². The van der Waals surface area contributed by atoms with E-state index in [0.717, 1.165) is 19.6 Å². The molecule has 10 heavy (non-hydrogen) atoms. The first-order valence-corrected chi connectivity index (χ1v) is 3.81. The Hall–Kier alpha value is -0.340. The molecule has 0 aliphatic heterocycles. The van der Waals surface area contributed by atoms with Crippen molar-refractivity contribution < 1.29 is 0 Å². The van der Waals surface area contributed by atoms with Crippen LogP contribution in [0.5, 0.6) is 0 Å². The van der Waals surface area contributed by atoms with E-state index < -0.39 is 0 Å². The van der Waals surface area contributed by atoms with Gasteiger partial charge in [0.1, 0.15) is 0 Å². The minimum absolute atomic E-state index is 0.475. The third-order valence-electron chi connectivity index (χ3n) is 1.73. The van der Waals surface area contributed by atoms with Crippen LogP contribution in [-0.4, -0.2) is 30.6 Å². The molecular formula is C8H18N2. The van der Waals surface area contributed by atoms with Crippen molar-refractivity contribution in [2.45, 2.75) is 19.9 Å². The number of hydrogen-bond acceptors (Lipinski definition) is 2. The molecule has 0 fully saturated rings. The molecule has 0 aromatic rings. The standard InChI is InChI=1S/C8H18N2/c1-4-6-10(5-2)8(3)7-9/h4,8H,1,5-7,9H2,2-3H3. The lowest BCUT2D eigenvalue weighted by Crippen LogP contribution is -2.38. The second-order valence-electron chi connectivity index (χ2n) is 2.46. The maximum Gasteiger partial charge on any atom is 0.0193 e. The Labute approximate surface area is 63.7 Å². The fraction of sp³-hybridized carbons (Fsp3) is 0.750. The van der Waals surface area contributed by atoms with E-state index in [1.807, 2.05) is 6.08 Å². The molecule has 0 aromatic heterocycles. The van der Waals surface area contributed by atoms with Gasteiger partial charge < -0.3 is 5.73 Å². The minimum atomic E-state index is 0.475.